The van der Waals surface area contributed by atoms with Crippen molar-refractivity contribution in [3.05, 3.63) is 41.5 Å². The lowest BCUT2D eigenvalue weighted by molar-refractivity contribution is 0.1000. The number of aryl methyl sites for hydroxylation is 1. The van der Waals surface area contributed by atoms with Crippen LogP contribution in [0.1, 0.15) is 48.2 Å². The van der Waals surface area contributed by atoms with Crippen molar-refractivity contribution in [1.29, 1.82) is 0 Å². The van der Waals surface area contributed by atoms with E-state index in [4.69, 9.17) is 5.73 Å². The third kappa shape index (κ3) is 5.35. The number of amides is 1. The van der Waals surface area contributed by atoms with Crippen LogP contribution in [0.5, 0.6) is 0 Å². The van der Waals surface area contributed by atoms with Gasteiger partial charge in [-0.25, -0.2) is 0 Å². The first-order valence-electron chi connectivity index (χ1n) is 7.72. The number of hydrogen-bond acceptors (Lipinski definition) is 2. The Kier molecular flexibility index (Phi) is 7.17. The van der Waals surface area contributed by atoms with Gasteiger partial charge in [0.15, 0.2) is 0 Å². The first-order valence-corrected chi connectivity index (χ1v) is 7.72. The van der Waals surface area contributed by atoms with Crippen LogP contribution in [-0.4, -0.2) is 30.9 Å². The van der Waals surface area contributed by atoms with E-state index in [0.717, 1.165) is 23.5 Å². The van der Waals surface area contributed by atoms with Crippen molar-refractivity contribution >= 4 is 12.0 Å². The van der Waals surface area contributed by atoms with E-state index >= 15 is 0 Å². The molecular formula is C18H28N2O. The predicted molar refractivity (Wildman–Crippen MR) is 90.3 cm³/mol. The van der Waals surface area contributed by atoms with Crippen molar-refractivity contribution < 1.29 is 4.79 Å². The molecule has 1 fully saturated rings. The number of nitrogens with zero attached hydrogens (tertiary/aromatic N) is 1. The Labute approximate surface area is 128 Å². The Morgan fingerprint density at radius 3 is 2.48 bits per heavy atom. The Morgan fingerprint density at radius 1 is 1.43 bits per heavy atom. The van der Waals surface area contributed by atoms with Crippen molar-refractivity contribution in [2.75, 3.05) is 20.1 Å². The van der Waals surface area contributed by atoms with Gasteiger partial charge in [0.2, 0.25) is 5.91 Å². The normalized spacial score (nSPS) is 16.0. The second-order valence-electron chi connectivity index (χ2n) is 5.79. The minimum atomic E-state index is -0.398. The average Bonchev–Trinajstić information content (AvgIpc) is 2.49. The second kappa shape index (κ2) is 8.63. The fraction of sp³-hybridized carbons (Fsp3) is 0.500. The van der Waals surface area contributed by atoms with Gasteiger partial charge in [-0.05, 0) is 62.5 Å². The Balaban J connectivity index is 0.000000235. The number of likely N-dealkylation sites (tertiary alicyclic amines) is 1. The minimum absolute atomic E-state index is 0.398. The summed E-state index contributed by atoms with van der Waals surface area (Å²) in [5.74, 6) is 0.580. The Bertz CT molecular complexity index is 464. The maximum absolute atomic E-state index is 11.0. The molecule has 2 rings (SSSR count). The molecule has 0 bridgehead atoms. The molecule has 1 heterocycles. The molecular weight excluding hydrogens is 260 g/mol. The number of piperidine rings is 1. The maximum atomic E-state index is 11.0. The fourth-order valence-electron chi connectivity index (χ4n) is 2.51. The van der Waals surface area contributed by atoms with Gasteiger partial charge in [0.05, 0.1) is 0 Å². The number of primary amides is 1. The monoisotopic (exact) mass is 288 g/mol. The van der Waals surface area contributed by atoms with Gasteiger partial charge < -0.3 is 10.6 Å². The predicted octanol–water partition coefficient (Wildman–Crippen LogP) is 3.34. The molecule has 116 valence electrons. The zero-order valence-electron chi connectivity index (χ0n) is 13.6. The minimum Gasteiger partial charge on any atom is -0.366 e. The summed E-state index contributed by atoms with van der Waals surface area (Å²) < 4.78 is 0. The van der Waals surface area contributed by atoms with Crippen LogP contribution in [0.4, 0.5) is 0 Å². The molecule has 0 atom stereocenters. The number of rotatable bonds is 3. The van der Waals surface area contributed by atoms with Gasteiger partial charge in [0, 0.05) is 5.56 Å². The van der Waals surface area contributed by atoms with E-state index in [2.05, 4.69) is 25.5 Å². The SMILES string of the molecule is C=Cc1c(CC)cccc1C(N)=O.CC1CCN(C)CC1. The summed E-state index contributed by atoms with van der Waals surface area (Å²) in [6, 6.07) is 5.54. The zero-order valence-corrected chi connectivity index (χ0v) is 13.6. The van der Waals surface area contributed by atoms with E-state index in [1.807, 2.05) is 19.1 Å². The molecule has 1 saturated heterocycles. The summed E-state index contributed by atoms with van der Waals surface area (Å²) in [7, 11) is 2.20. The maximum Gasteiger partial charge on any atom is 0.249 e. The van der Waals surface area contributed by atoms with Gasteiger partial charge in [0.25, 0.3) is 0 Å². The van der Waals surface area contributed by atoms with Gasteiger partial charge in [-0.3, -0.25) is 4.79 Å². The lowest BCUT2D eigenvalue weighted by Crippen LogP contribution is -2.28. The van der Waals surface area contributed by atoms with Crippen LogP contribution in [-0.2, 0) is 6.42 Å². The summed E-state index contributed by atoms with van der Waals surface area (Å²) in [6.07, 6.45) is 5.36. The molecule has 0 spiro atoms. The molecule has 3 heteroatoms. The third-order valence-corrected chi connectivity index (χ3v) is 4.05. The van der Waals surface area contributed by atoms with E-state index in [0.29, 0.717) is 5.56 Å². The average molecular weight is 288 g/mol. The lowest BCUT2D eigenvalue weighted by atomic mass is 9.99. The molecule has 21 heavy (non-hydrogen) atoms. The topological polar surface area (TPSA) is 46.3 Å². The van der Waals surface area contributed by atoms with Crippen LogP contribution >= 0.6 is 0 Å². The van der Waals surface area contributed by atoms with Gasteiger partial charge in [0.1, 0.15) is 0 Å². The highest BCUT2D eigenvalue weighted by molar-refractivity contribution is 5.97. The van der Waals surface area contributed by atoms with Crippen molar-refractivity contribution in [2.24, 2.45) is 11.7 Å². The van der Waals surface area contributed by atoms with Gasteiger partial charge in [-0.1, -0.05) is 38.6 Å². The molecule has 0 aromatic heterocycles. The van der Waals surface area contributed by atoms with Crippen LogP contribution in [0.2, 0.25) is 0 Å². The molecule has 0 aliphatic carbocycles. The smallest absolute Gasteiger partial charge is 0.249 e. The van der Waals surface area contributed by atoms with Gasteiger partial charge in [-0.15, -0.1) is 0 Å². The van der Waals surface area contributed by atoms with E-state index in [1.165, 1.54) is 25.9 Å². The van der Waals surface area contributed by atoms with Crippen LogP contribution < -0.4 is 5.73 Å². The van der Waals surface area contributed by atoms with Crippen molar-refractivity contribution in [2.45, 2.75) is 33.1 Å². The summed E-state index contributed by atoms with van der Waals surface area (Å²) in [4.78, 5) is 13.4. The summed E-state index contributed by atoms with van der Waals surface area (Å²) in [5, 5.41) is 0. The van der Waals surface area contributed by atoms with Crippen LogP contribution in [0, 0.1) is 5.92 Å². The highest BCUT2D eigenvalue weighted by atomic mass is 16.1. The van der Waals surface area contributed by atoms with Gasteiger partial charge in [-0.2, -0.15) is 0 Å². The molecule has 0 saturated carbocycles. The summed E-state index contributed by atoms with van der Waals surface area (Å²) in [6.45, 7) is 10.7. The first kappa shape index (κ1) is 17.4. The largest absolute Gasteiger partial charge is 0.366 e. The molecule has 0 unspecified atom stereocenters. The third-order valence-electron chi connectivity index (χ3n) is 4.05. The molecule has 1 aliphatic heterocycles. The van der Waals surface area contributed by atoms with E-state index < -0.39 is 5.91 Å². The number of benzene rings is 1. The van der Waals surface area contributed by atoms with Gasteiger partial charge >= 0.3 is 0 Å². The Hall–Kier alpha value is -1.61. The van der Waals surface area contributed by atoms with Crippen molar-refractivity contribution in [3.8, 4) is 0 Å². The zero-order chi connectivity index (χ0) is 15.8. The van der Waals surface area contributed by atoms with E-state index in [9.17, 15) is 4.79 Å². The van der Waals surface area contributed by atoms with Crippen LogP contribution in [0.15, 0.2) is 24.8 Å². The summed E-state index contributed by atoms with van der Waals surface area (Å²) in [5.41, 5.74) is 7.74. The molecule has 1 aliphatic rings. The molecule has 1 aromatic rings. The molecule has 2 N–H and O–H groups in total. The van der Waals surface area contributed by atoms with Crippen LogP contribution in [0.25, 0.3) is 6.08 Å². The second-order valence-corrected chi connectivity index (χ2v) is 5.79. The number of carbonyl (C=O) groups excluding carboxylic acids is 1. The number of carbonyl (C=O) groups is 1. The van der Waals surface area contributed by atoms with Crippen molar-refractivity contribution in [3.63, 3.8) is 0 Å². The highest BCUT2D eigenvalue weighted by Gasteiger charge is 2.10. The Morgan fingerprint density at radius 2 is 2.05 bits per heavy atom. The highest BCUT2D eigenvalue weighted by Crippen LogP contribution is 2.16. The molecule has 0 radical (unpaired) electrons. The lowest BCUT2D eigenvalue weighted by Gasteiger charge is -2.26. The quantitative estimate of drug-likeness (QED) is 0.927. The molecule has 1 amide bonds. The first-order chi connectivity index (χ1) is 9.99. The van der Waals surface area contributed by atoms with Crippen LogP contribution in [0.3, 0.4) is 0 Å². The number of nitrogens with two attached hydrogens (primary N) is 1. The van der Waals surface area contributed by atoms with E-state index in [-0.39, 0.29) is 0 Å². The van der Waals surface area contributed by atoms with E-state index in [1.54, 1.807) is 12.1 Å². The summed E-state index contributed by atoms with van der Waals surface area (Å²) >= 11 is 0. The molecule has 1 aromatic carbocycles. The molecule has 3 nitrogen and oxygen atoms in total. The standard InChI is InChI=1S/C11H13NO.C7H15N/c1-3-8-6-5-7-10(11(12)13)9(8)4-2;1-7-3-5-8(2)6-4-7/h4-7H,2-3H2,1H3,(H2,12,13);7H,3-6H2,1-2H3. The number of hydrogen-bond donors (Lipinski definition) is 1. The van der Waals surface area contributed by atoms with Crippen molar-refractivity contribution in [1.82, 2.24) is 4.90 Å². The fourth-order valence-corrected chi connectivity index (χ4v) is 2.51.